The molecule has 0 saturated heterocycles. The fourth-order valence-corrected chi connectivity index (χ4v) is 4.00. The molecule has 30 heavy (non-hydrogen) atoms. The van der Waals surface area contributed by atoms with Crippen molar-refractivity contribution in [1.29, 1.82) is 0 Å². The van der Waals surface area contributed by atoms with E-state index in [9.17, 15) is 4.79 Å². The molecule has 0 radical (unpaired) electrons. The zero-order valence-corrected chi connectivity index (χ0v) is 17.6. The highest BCUT2D eigenvalue weighted by Crippen LogP contribution is 2.23. The number of anilines is 1. The summed E-state index contributed by atoms with van der Waals surface area (Å²) in [6, 6.07) is 11.3. The maximum Gasteiger partial charge on any atom is 0.237 e. The van der Waals surface area contributed by atoms with Crippen LogP contribution in [0.15, 0.2) is 51.5 Å². The number of benzene rings is 1. The van der Waals surface area contributed by atoms with Crippen molar-refractivity contribution in [3.8, 4) is 5.75 Å². The topological polar surface area (TPSA) is 119 Å². The van der Waals surface area contributed by atoms with E-state index in [0.717, 1.165) is 12.2 Å². The Morgan fingerprint density at radius 3 is 3.00 bits per heavy atom. The van der Waals surface area contributed by atoms with Gasteiger partial charge in [0.2, 0.25) is 17.0 Å². The third-order valence-corrected chi connectivity index (χ3v) is 5.68. The number of carbonyl (C=O) groups is 1. The smallest absolute Gasteiger partial charge is 0.237 e. The number of H-pyrrole nitrogens is 1. The summed E-state index contributed by atoms with van der Waals surface area (Å²) in [6.45, 7) is 0. The van der Waals surface area contributed by atoms with Crippen molar-refractivity contribution >= 4 is 34.7 Å². The second-order valence-electron chi connectivity index (χ2n) is 6.14. The monoisotopic (exact) mass is 442 g/mol. The Balaban J connectivity index is 1.28. The number of aromatic nitrogens is 5. The van der Waals surface area contributed by atoms with Crippen molar-refractivity contribution < 1.29 is 14.1 Å². The van der Waals surface area contributed by atoms with E-state index in [1.54, 1.807) is 30.6 Å². The Labute approximate surface area is 180 Å². The molecule has 9 nitrogen and oxygen atoms in total. The van der Waals surface area contributed by atoms with Crippen LogP contribution < -0.4 is 10.1 Å². The standard InChI is InChI=1S/C19H18N6O3S2/c1-27-14-7-3-2-6-13(14)20-17(26)10-16-21-18(28-25-16)11-30-19-22-15(23-24-19)9-12-5-4-8-29-12/h2-8H,9-11H2,1H3,(H,20,26)(H,22,23,24). The number of hydrogen-bond acceptors (Lipinski definition) is 9. The summed E-state index contributed by atoms with van der Waals surface area (Å²) in [6.07, 6.45) is 0.717. The molecule has 4 rings (SSSR count). The molecule has 0 aliphatic heterocycles. The van der Waals surface area contributed by atoms with Crippen LogP contribution in [0.25, 0.3) is 0 Å². The minimum absolute atomic E-state index is 0.00215. The lowest BCUT2D eigenvalue weighted by atomic mass is 10.2. The molecule has 4 aromatic rings. The lowest BCUT2D eigenvalue weighted by Crippen LogP contribution is -2.15. The second-order valence-corrected chi connectivity index (χ2v) is 8.11. The number of amides is 1. The third kappa shape index (κ3) is 5.24. The Morgan fingerprint density at radius 2 is 2.17 bits per heavy atom. The summed E-state index contributed by atoms with van der Waals surface area (Å²) in [5.41, 5.74) is 0.590. The molecule has 0 atom stereocenters. The van der Waals surface area contributed by atoms with E-state index in [1.807, 2.05) is 23.6 Å². The van der Waals surface area contributed by atoms with Crippen LogP contribution >= 0.6 is 23.1 Å². The van der Waals surface area contributed by atoms with Crippen molar-refractivity contribution in [3.05, 3.63) is 64.2 Å². The lowest BCUT2D eigenvalue weighted by molar-refractivity contribution is -0.115. The number of carbonyl (C=O) groups excluding carboxylic acids is 1. The van der Waals surface area contributed by atoms with Gasteiger partial charge in [0.05, 0.1) is 25.0 Å². The number of thioether (sulfide) groups is 1. The quantitative estimate of drug-likeness (QED) is 0.379. The molecule has 0 saturated carbocycles. The molecule has 154 valence electrons. The van der Waals surface area contributed by atoms with Crippen LogP contribution in [-0.2, 0) is 23.4 Å². The van der Waals surface area contributed by atoms with Gasteiger partial charge in [-0.05, 0) is 23.6 Å². The summed E-state index contributed by atoms with van der Waals surface area (Å²) in [4.78, 5) is 22.2. The summed E-state index contributed by atoms with van der Waals surface area (Å²) in [7, 11) is 1.55. The number of methoxy groups -OCH3 is 1. The molecule has 0 unspecified atom stereocenters. The van der Waals surface area contributed by atoms with Gasteiger partial charge in [0.25, 0.3) is 0 Å². The Bertz CT molecular complexity index is 1110. The highest BCUT2D eigenvalue weighted by Gasteiger charge is 2.14. The molecule has 0 aliphatic rings. The number of rotatable bonds is 9. The molecule has 0 aliphatic carbocycles. The van der Waals surface area contributed by atoms with Crippen LogP contribution in [0.1, 0.15) is 22.4 Å². The van der Waals surface area contributed by atoms with Crippen molar-refractivity contribution in [2.75, 3.05) is 12.4 Å². The van der Waals surface area contributed by atoms with Gasteiger partial charge in [-0.1, -0.05) is 35.1 Å². The summed E-state index contributed by atoms with van der Waals surface area (Å²) >= 11 is 3.06. The van der Waals surface area contributed by atoms with Gasteiger partial charge >= 0.3 is 0 Å². The molecule has 0 bridgehead atoms. The second kappa shape index (κ2) is 9.55. The highest BCUT2D eigenvalue weighted by molar-refractivity contribution is 7.98. The number of ether oxygens (including phenoxy) is 1. The van der Waals surface area contributed by atoms with Gasteiger partial charge in [0.15, 0.2) is 5.82 Å². The number of para-hydroxylation sites is 2. The predicted molar refractivity (Wildman–Crippen MR) is 113 cm³/mol. The number of nitrogens with one attached hydrogen (secondary N) is 2. The first kappa shape index (κ1) is 20.1. The SMILES string of the molecule is COc1ccccc1NC(=O)Cc1noc(CSc2n[nH]c(Cc3cccs3)n2)n1. The van der Waals surface area contributed by atoms with Gasteiger partial charge in [0, 0.05) is 11.3 Å². The maximum atomic E-state index is 12.3. The minimum atomic E-state index is -0.258. The van der Waals surface area contributed by atoms with E-state index >= 15 is 0 Å². The molecular formula is C19H18N6O3S2. The van der Waals surface area contributed by atoms with Crippen LogP contribution in [0, 0.1) is 0 Å². The van der Waals surface area contributed by atoms with Crippen molar-refractivity contribution in [3.63, 3.8) is 0 Å². The summed E-state index contributed by atoms with van der Waals surface area (Å²) < 4.78 is 10.4. The zero-order chi connectivity index (χ0) is 20.8. The number of hydrogen-bond donors (Lipinski definition) is 2. The van der Waals surface area contributed by atoms with E-state index in [2.05, 4.69) is 36.7 Å². The molecule has 11 heteroatoms. The Kier molecular flexibility index (Phi) is 6.40. The van der Waals surface area contributed by atoms with Crippen molar-refractivity contribution in [2.45, 2.75) is 23.8 Å². The van der Waals surface area contributed by atoms with Crippen LogP contribution in [0.4, 0.5) is 5.69 Å². The van der Waals surface area contributed by atoms with E-state index in [0.29, 0.717) is 34.1 Å². The fourth-order valence-electron chi connectivity index (χ4n) is 2.63. The van der Waals surface area contributed by atoms with Crippen LogP contribution in [0.3, 0.4) is 0 Å². The molecule has 0 fully saturated rings. The number of aromatic amines is 1. The molecular weight excluding hydrogens is 424 g/mol. The summed E-state index contributed by atoms with van der Waals surface area (Å²) in [5.74, 6) is 2.26. The predicted octanol–water partition coefficient (Wildman–Crippen LogP) is 3.32. The fraction of sp³-hybridized carbons (Fsp3) is 0.211. The molecule has 1 aromatic carbocycles. The summed E-state index contributed by atoms with van der Waals surface area (Å²) in [5, 5.41) is 16.4. The zero-order valence-electron chi connectivity index (χ0n) is 16.0. The van der Waals surface area contributed by atoms with Gasteiger partial charge in [-0.15, -0.1) is 16.4 Å². The third-order valence-electron chi connectivity index (χ3n) is 3.97. The van der Waals surface area contributed by atoms with Crippen molar-refractivity contribution in [1.82, 2.24) is 25.3 Å². The van der Waals surface area contributed by atoms with E-state index < -0.39 is 0 Å². The normalized spacial score (nSPS) is 10.8. The van der Waals surface area contributed by atoms with Gasteiger partial charge in [-0.2, -0.15) is 4.98 Å². The van der Waals surface area contributed by atoms with Gasteiger partial charge < -0.3 is 14.6 Å². The maximum absolute atomic E-state index is 12.3. The highest BCUT2D eigenvalue weighted by atomic mass is 32.2. The van der Waals surface area contributed by atoms with E-state index in [-0.39, 0.29) is 12.3 Å². The first-order valence-corrected chi connectivity index (χ1v) is 10.9. The van der Waals surface area contributed by atoms with Gasteiger partial charge in [0.1, 0.15) is 11.6 Å². The first-order chi connectivity index (χ1) is 14.7. The van der Waals surface area contributed by atoms with Crippen molar-refractivity contribution in [2.24, 2.45) is 0 Å². The van der Waals surface area contributed by atoms with E-state index in [4.69, 9.17) is 9.26 Å². The molecule has 0 spiro atoms. The molecule has 2 N–H and O–H groups in total. The van der Waals surface area contributed by atoms with Gasteiger partial charge in [-0.25, -0.2) is 4.98 Å². The Morgan fingerprint density at radius 1 is 1.27 bits per heavy atom. The average molecular weight is 443 g/mol. The lowest BCUT2D eigenvalue weighted by Gasteiger charge is -2.08. The minimum Gasteiger partial charge on any atom is -0.495 e. The first-order valence-electron chi connectivity index (χ1n) is 9.00. The van der Waals surface area contributed by atoms with Crippen LogP contribution in [0.5, 0.6) is 5.75 Å². The molecule has 3 aromatic heterocycles. The van der Waals surface area contributed by atoms with Crippen LogP contribution in [-0.4, -0.2) is 38.3 Å². The number of nitrogens with zero attached hydrogens (tertiary/aromatic N) is 4. The average Bonchev–Trinajstić information content (AvgIpc) is 3.50. The number of thiophene rings is 1. The van der Waals surface area contributed by atoms with Gasteiger partial charge in [-0.3, -0.25) is 9.89 Å². The largest absolute Gasteiger partial charge is 0.495 e. The van der Waals surface area contributed by atoms with Crippen LogP contribution in [0.2, 0.25) is 0 Å². The molecule has 3 heterocycles. The molecule has 1 amide bonds. The van der Waals surface area contributed by atoms with E-state index in [1.165, 1.54) is 16.6 Å². The Hall–Kier alpha value is -3.18.